The summed E-state index contributed by atoms with van der Waals surface area (Å²) in [5.41, 5.74) is 2.92. The number of hydrogen-bond donors (Lipinski definition) is 3. The molecule has 3 heterocycles. The van der Waals surface area contributed by atoms with Crippen molar-refractivity contribution in [2.75, 3.05) is 11.9 Å². The summed E-state index contributed by atoms with van der Waals surface area (Å²) in [7, 11) is -2.62. The number of benzene rings is 1. The molecule has 1 spiro atoms. The minimum atomic E-state index is -2.62. The molecule has 8 nitrogen and oxygen atoms in total. The maximum atomic E-state index is 12.6. The van der Waals surface area contributed by atoms with Crippen LogP contribution in [0.5, 0.6) is 0 Å². The van der Waals surface area contributed by atoms with Crippen molar-refractivity contribution in [3.63, 3.8) is 0 Å². The van der Waals surface area contributed by atoms with Crippen LogP contribution >= 0.6 is 0 Å². The number of rotatable bonds is 4. The molecule has 31 heavy (non-hydrogen) atoms. The molecule has 1 saturated carbocycles. The van der Waals surface area contributed by atoms with Gasteiger partial charge in [-0.3, -0.25) is 14.1 Å². The van der Waals surface area contributed by atoms with Crippen molar-refractivity contribution in [3.05, 3.63) is 47.8 Å². The number of carbonyl (C=O) groups is 1. The summed E-state index contributed by atoms with van der Waals surface area (Å²) in [6.45, 7) is 0.640. The Hall–Kier alpha value is -2.91. The van der Waals surface area contributed by atoms with Crippen LogP contribution < -0.4 is 15.8 Å². The van der Waals surface area contributed by atoms with Crippen LogP contribution in [0.1, 0.15) is 48.2 Å². The molecule has 1 aromatic carbocycles. The minimum Gasteiger partial charge on any atom is -0.348 e. The first-order valence-corrected chi connectivity index (χ1v) is 12.4. The molecule has 0 saturated heterocycles. The summed E-state index contributed by atoms with van der Waals surface area (Å²) in [5, 5.41) is 12.8. The van der Waals surface area contributed by atoms with Gasteiger partial charge in [0, 0.05) is 33.5 Å². The van der Waals surface area contributed by atoms with E-state index in [9.17, 15) is 9.00 Å². The van der Waals surface area contributed by atoms with Gasteiger partial charge in [0.05, 0.1) is 11.3 Å². The van der Waals surface area contributed by atoms with E-state index in [1.165, 1.54) is 6.42 Å². The highest BCUT2D eigenvalue weighted by Crippen LogP contribution is 2.40. The molecule has 5 rings (SSSR count). The lowest BCUT2D eigenvalue weighted by atomic mass is 9.80. The molecular formula is C22H26N6O2S. The van der Waals surface area contributed by atoms with Crippen LogP contribution in [0.3, 0.4) is 0 Å². The van der Waals surface area contributed by atoms with Crippen molar-refractivity contribution in [2.24, 2.45) is 5.14 Å². The standard InChI is InChI=1S/C22H26N6O2S/c1-31(23,30)13-15-6-5-7-17(10-15)26-21-24-12-16-11-18-20(29)25-14-22(8-3-2-4-9-22)28(18)19(16)27-21/h5-7,10-12H,1-4,8-9,13-14H2,(H2,23,30)(H,25,29)(H,24,26,27). The van der Waals surface area contributed by atoms with Gasteiger partial charge >= 0.3 is 0 Å². The van der Waals surface area contributed by atoms with Crippen molar-refractivity contribution in [1.82, 2.24) is 19.9 Å². The Balaban J connectivity index is 1.53. The molecule has 1 unspecified atom stereocenters. The highest BCUT2D eigenvalue weighted by Gasteiger charge is 2.41. The number of amides is 1. The van der Waals surface area contributed by atoms with E-state index >= 15 is 0 Å². The molecule has 3 aromatic rings. The highest BCUT2D eigenvalue weighted by atomic mass is 32.2. The van der Waals surface area contributed by atoms with E-state index in [2.05, 4.69) is 26.1 Å². The van der Waals surface area contributed by atoms with Crippen molar-refractivity contribution < 1.29 is 9.00 Å². The molecule has 1 aliphatic carbocycles. The van der Waals surface area contributed by atoms with Gasteiger partial charge < -0.3 is 15.2 Å². The van der Waals surface area contributed by atoms with E-state index in [0.717, 1.165) is 48.0 Å². The monoisotopic (exact) mass is 438 g/mol. The number of nitrogens with zero attached hydrogens (tertiary/aromatic N) is 3. The zero-order valence-electron chi connectivity index (χ0n) is 17.3. The zero-order chi connectivity index (χ0) is 21.6. The van der Waals surface area contributed by atoms with Crippen LogP contribution in [0.2, 0.25) is 0 Å². The fraction of sp³-hybridized carbons (Fsp3) is 0.364. The average Bonchev–Trinajstić information content (AvgIpc) is 3.11. The molecule has 1 fully saturated rings. The van der Waals surface area contributed by atoms with Crippen molar-refractivity contribution in [1.29, 1.82) is 0 Å². The number of aromatic nitrogens is 3. The van der Waals surface area contributed by atoms with Crippen molar-refractivity contribution in [3.8, 4) is 0 Å². The van der Waals surface area contributed by atoms with Crippen LogP contribution in [0.25, 0.3) is 11.0 Å². The highest BCUT2D eigenvalue weighted by molar-refractivity contribution is 7.97. The topological polar surface area (TPSA) is 115 Å². The molecule has 0 radical (unpaired) electrons. The first-order valence-electron chi connectivity index (χ1n) is 10.5. The Morgan fingerprint density at radius 3 is 2.84 bits per heavy atom. The third-order valence-corrected chi connectivity index (χ3v) is 7.03. The lowest BCUT2D eigenvalue weighted by Gasteiger charge is -2.42. The van der Waals surface area contributed by atoms with E-state index in [1.54, 1.807) is 6.20 Å². The van der Waals surface area contributed by atoms with Crippen LogP contribution in [-0.4, -0.2) is 37.1 Å². The van der Waals surface area contributed by atoms with Gasteiger partial charge in [-0.1, -0.05) is 31.4 Å². The summed E-state index contributed by atoms with van der Waals surface area (Å²) in [6.07, 6.45) is 7.34. The van der Waals surface area contributed by atoms with Gasteiger partial charge in [0.25, 0.3) is 5.91 Å². The molecular weight excluding hydrogens is 412 g/mol. The fourth-order valence-corrected chi connectivity index (χ4v) is 5.62. The second-order valence-corrected chi connectivity index (χ2v) is 10.7. The van der Waals surface area contributed by atoms with Gasteiger partial charge in [0.15, 0.2) is 0 Å². The predicted octanol–water partition coefficient (Wildman–Crippen LogP) is 2.67. The van der Waals surface area contributed by atoms with E-state index < -0.39 is 9.71 Å². The number of nitrogens with two attached hydrogens (primary N) is 1. The van der Waals surface area contributed by atoms with E-state index in [1.807, 2.05) is 30.3 Å². The van der Waals surface area contributed by atoms with Gasteiger partial charge in [-0.25, -0.2) is 4.98 Å². The number of carbonyl (C=O) groups excluding carboxylic acids is 1. The van der Waals surface area contributed by atoms with Gasteiger partial charge in [0.2, 0.25) is 5.95 Å². The molecule has 1 amide bonds. The normalized spacial score (nSPS) is 19.6. The van der Waals surface area contributed by atoms with Gasteiger partial charge in [0.1, 0.15) is 11.3 Å². The lowest BCUT2D eigenvalue weighted by Crippen LogP contribution is -2.52. The number of hydrogen-bond acceptors (Lipinski definition) is 5. The summed E-state index contributed by atoms with van der Waals surface area (Å²) < 4.78 is 14.0. The van der Waals surface area contributed by atoms with Crippen LogP contribution in [0.4, 0.5) is 11.6 Å². The average molecular weight is 439 g/mol. The molecule has 4 N–H and O–H groups in total. The summed E-state index contributed by atoms with van der Waals surface area (Å²) in [6, 6.07) is 9.37. The first kappa shape index (κ1) is 20.0. The first-order chi connectivity index (χ1) is 14.8. The van der Waals surface area contributed by atoms with Crippen LogP contribution in [-0.2, 0) is 21.0 Å². The maximum absolute atomic E-state index is 12.6. The summed E-state index contributed by atoms with van der Waals surface area (Å²) >= 11 is 0. The smallest absolute Gasteiger partial charge is 0.268 e. The van der Waals surface area contributed by atoms with Gasteiger partial charge in [-0.15, -0.1) is 0 Å². The maximum Gasteiger partial charge on any atom is 0.268 e. The van der Waals surface area contributed by atoms with Gasteiger partial charge in [-0.05, 0) is 42.5 Å². The summed E-state index contributed by atoms with van der Waals surface area (Å²) in [4.78, 5) is 21.8. The minimum absolute atomic E-state index is 0.0602. The van der Waals surface area contributed by atoms with Crippen LogP contribution in [0.15, 0.2) is 36.5 Å². The third-order valence-electron chi connectivity index (χ3n) is 6.20. The third kappa shape index (κ3) is 3.79. The van der Waals surface area contributed by atoms with E-state index in [0.29, 0.717) is 18.2 Å². The quantitative estimate of drug-likeness (QED) is 0.542. The zero-order valence-corrected chi connectivity index (χ0v) is 18.1. The molecule has 162 valence electrons. The predicted molar refractivity (Wildman–Crippen MR) is 124 cm³/mol. The number of nitrogens with one attached hydrogen (secondary N) is 2. The van der Waals surface area contributed by atoms with Crippen molar-refractivity contribution >= 4 is 44.2 Å². The molecule has 1 atom stereocenters. The Labute approximate surface area is 181 Å². The SMILES string of the molecule is C=S(N)(=O)Cc1cccc(Nc2ncc3cc4n(c3n2)C2(CCCCC2)CNC4=O)c1. The second-order valence-electron chi connectivity index (χ2n) is 8.64. The van der Waals surface area contributed by atoms with E-state index in [-0.39, 0.29) is 17.2 Å². The van der Waals surface area contributed by atoms with E-state index in [4.69, 9.17) is 10.1 Å². The Morgan fingerprint density at radius 2 is 2.06 bits per heavy atom. The van der Waals surface area contributed by atoms with Crippen LogP contribution in [0, 0.1) is 0 Å². The largest absolute Gasteiger partial charge is 0.348 e. The molecule has 9 heteroatoms. The summed E-state index contributed by atoms with van der Waals surface area (Å²) in [5.74, 6) is 4.11. The molecule has 2 aliphatic rings. The molecule has 0 bridgehead atoms. The number of fused-ring (bicyclic) bond motifs is 4. The number of anilines is 2. The van der Waals surface area contributed by atoms with Crippen molar-refractivity contribution in [2.45, 2.75) is 43.4 Å². The lowest BCUT2D eigenvalue weighted by molar-refractivity contribution is 0.0833. The molecule has 2 aromatic heterocycles. The van der Waals surface area contributed by atoms with Gasteiger partial charge in [-0.2, -0.15) is 4.98 Å². The Bertz CT molecular complexity index is 1270. The second kappa shape index (κ2) is 7.35. The fourth-order valence-electron chi connectivity index (χ4n) is 4.87. The Kier molecular flexibility index (Phi) is 4.75. The molecule has 1 aliphatic heterocycles. The Morgan fingerprint density at radius 1 is 1.26 bits per heavy atom.